The molecule has 1 aromatic heterocycles. The van der Waals surface area contributed by atoms with E-state index in [9.17, 15) is 9.59 Å². The molecule has 172 valence electrons. The zero-order valence-electron chi connectivity index (χ0n) is 18.3. The maximum atomic E-state index is 13.4. The van der Waals surface area contributed by atoms with Crippen LogP contribution in [-0.4, -0.2) is 42.5 Å². The highest BCUT2D eigenvalue weighted by molar-refractivity contribution is 9.13. The topological polar surface area (TPSA) is 91.7 Å². The van der Waals surface area contributed by atoms with Crippen molar-refractivity contribution in [3.05, 3.63) is 47.5 Å². The van der Waals surface area contributed by atoms with Crippen molar-refractivity contribution in [3.8, 4) is 23.3 Å². The van der Waals surface area contributed by atoms with Crippen molar-refractivity contribution in [1.29, 1.82) is 0 Å². The first kappa shape index (κ1) is 24.4. The average molecular weight is 570 g/mol. The summed E-state index contributed by atoms with van der Waals surface area (Å²) in [5.41, 5.74) is 6.01. The lowest BCUT2D eigenvalue weighted by molar-refractivity contribution is 0.352. The first-order valence-corrected chi connectivity index (χ1v) is 11.7. The van der Waals surface area contributed by atoms with Crippen LogP contribution in [0.1, 0.15) is 25.3 Å². The van der Waals surface area contributed by atoms with Gasteiger partial charge in [0, 0.05) is 29.7 Å². The molecule has 0 spiro atoms. The number of nitrogens with zero attached hydrogens (tertiary/aromatic N) is 3. The number of anilines is 1. The Bertz CT molecular complexity index is 1180. The van der Waals surface area contributed by atoms with Crippen LogP contribution >= 0.6 is 31.9 Å². The minimum absolute atomic E-state index is 0.00654. The molecule has 1 aromatic carbocycles. The summed E-state index contributed by atoms with van der Waals surface area (Å²) < 4.78 is 14.9. The van der Waals surface area contributed by atoms with E-state index in [1.54, 1.807) is 17.6 Å². The number of halogens is 2. The van der Waals surface area contributed by atoms with Gasteiger partial charge in [-0.3, -0.25) is 13.9 Å². The summed E-state index contributed by atoms with van der Waals surface area (Å²) in [6.45, 7) is 3.29. The Balaban J connectivity index is 2.12. The van der Waals surface area contributed by atoms with Gasteiger partial charge in [-0.2, -0.15) is 0 Å². The minimum atomic E-state index is -0.424. The second-order valence-electron chi connectivity index (χ2n) is 7.47. The monoisotopic (exact) mass is 568 g/mol. The molecule has 0 aliphatic carbocycles. The molecule has 1 fully saturated rings. The van der Waals surface area contributed by atoms with E-state index in [1.807, 2.05) is 4.90 Å². The van der Waals surface area contributed by atoms with Crippen molar-refractivity contribution >= 4 is 37.7 Å². The lowest BCUT2D eigenvalue weighted by atomic mass is 10.1. The number of nitrogens with two attached hydrogens (primary N) is 1. The number of rotatable bonds is 6. The highest BCUT2D eigenvalue weighted by Crippen LogP contribution is 2.42. The molecule has 0 amide bonds. The maximum Gasteiger partial charge on any atom is 0.333 e. The molecule has 10 heteroatoms. The molecule has 0 unspecified atom stereocenters. The van der Waals surface area contributed by atoms with Crippen molar-refractivity contribution < 1.29 is 9.47 Å². The molecule has 2 aromatic rings. The minimum Gasteiger partial charge on any atom is -0.493 e. The first-order chi connectivity index (χ1) is 15.3. The normalized spacial score (nSPS) is 15.8. The Labute approximate surface area is 203 Å². The smallest absolute Gasteiger partial charge is 0.333 e. The quantitative estimate of drug-likeness (QED) is 0.538. The van der Waals surface area contributed by atoms with Crippen LogP contribution in [0.4, 0.5) is 5.82 Å². The molecule has 32 heavy (non-hydrogen) atoms. The Morgan fingerprint density at radius 3 is 2.53 bits per heavy atom. The number of piperidine rings is 1. The fourth-order valence-corrected chi connectivity index (χ4v) is 4.83. The van der Waals surface area contributed by atoms with Gasteiger partial charge in [-0.05, 0) is 63.3 Å². The molecule has 0 radical (unpaired) electrons. The molecule has 0 saturated carbocycles. The summed E-state index contributed by atoms with van der Waals surface area (Å²) in [6, 6.07) is 3.25. The molecular weight excluding hydrogens is 544 g/mol. The second-order valence-corrected chi connectivity index (χ2v) is 9.06. The number of benzene rings is 1. The fraction of sp³-hybridized carbons (Fsp3) is 0.455. The summed E-state index contributed by atoms with van der Waals surface area (Å²) in [5.74, 6) is 7.33. The van der Waals surface area contributed by atoms with Crippen molar-refractivity contribution in [2.45, 2.75) is 38.9 Å². The van der Waals surface area contributed by atoms with E-state index >= 15 is 0 Å². The van der Waals surface area contributed by atoms with Crippen LogP contribution in [0.3, 0.4) is 0 Å². The summed E-state index contributed by atoms with van der Waals surface area (Å²) in [4.78, 5) is 28.5. The predicted octanol–water partition coefficient (Wildman–Crippen LogP) is 2.55. The maximum absolute atomic E-state index is 13.4. The Morgan fingerprint density at radius 1 is 1.16 bits per heavy atom. The zero-order valence-corrected chi connectivity index (χ0v) is 21.5. The predicted molar refractivity (Wildman–Crippen MR) is 132 cm³/mol. The SMILES string of the molecule is CC#CCn1c(N2CCC[C@@H](N)C2)cc(=O)n(Cc2cc(OC)c(OC)c(Br)c2Br)c1=O. The van der Waals surface area contributed by atoms with Gasteiger partial charge in [0.25, 0.3) is 5.56 Å². The van der Waals surface area contributed by atoms with Gasteiger partial charge in [0.15, 0.2) is 11.5 Å². The van der Waals surface area contributed by atoms with Gasteiger partial charge in [-0.1, -0.05) is 5.92 Å². The number of hydrogen-bond donors (Lipinski definition) is 1. The molecule has 1 saturated heterocycles. The van der Waals surface area contributed by atoms with Gasteiger partial charge in [-0.15, -0.1) is 5.92 Å². The first-order valence-electron chi connectivity index (χ1n) is 10.2. The molecule has 1 aliphatic rings. The summed E-state index contributed by atoms with van der Waals surface area (Å²) in [7, 11) is 3.07. The van der Waals surface area contributed by atoms with Crippen LogP contribution in [0.2, 0.25) is 0 Å². The Morgan fingerprint density at radius 2 is 1.91 bits per heavy atom. The van der Waals surface area contributed by atoms with Crippen molar-refractivity contribution in [2.24, 2.45) is 5.73 Å². The third-order valence-electron chi connectivity index (χ3n) is 5.41. The van der Waals surface area contributed by atoms with E-state index in [4.69, 9.17) is 15.2 Å². The molecule has 0 bridgehead atoms. The van der Waals surface area contributed by atoms with Gasteiger partial charge in [0.2, 0.25) is 0 Å². The van der Waals surface area contributed by atoms with E-state index in [1.165, 1.54) is 24.9 Å². The molecule has 8 nitrogen and oxygen atoms in total. The molecule has 2 N–H and O–H groups in total. The van der Waals surface area contributed by atoms with Gasteiger partial charge in [0.05, 0.1) is 31.8 Å². The number of hydrogen-bond acceptors (Lipinski definition) is 6. The average Bonchev–Trinajstić information content (AvgIpc) is 2.78. The Hall–Kier alpha value is -2.22. The molecule has 3 rings (SSSR count). The third-order valence-corrected chi connectivity index (χ3v) is 7.60. The van der Waals surface area contributed by atoms with Gasteiger partial charge in [-0.25, -0.2) is 4.79 Å². The van der Waals surface area contributed by atoms with E-state index in [0.717, 1.165) is 19.4 Å². The molecule has 1 atom stereocenters. The van der Waals surface area contributed by atoms with E-state index < -0.39 is 5.69 Å². The highest BCUT2D eigenvalue weighted by atomic mass is 79.9. The second kappa shape index (κ2) is 10.6. The van der Waals surface area contributed by atoms with Crippen LogP contribution in [0.5, 0.6) is 11.5 Å². The van der Waals surface area contributed by atoms with E-state index in [2.05, 4.69) is 43.7 Å². The van der Waals surface area contributed by atoms with Crippen LogP contribution in [0.15, 0.2) is 30.7 Å². The van der Waals surface area contributed by atoms with E-state index in [-0.39, 0.29) is 24.7 Å². The van der Waals surface area contributed by atoms with Crippen LogP contribution in [0, 0.1) is 11.8 Å². The van der Waals surface area contributed by atoms with Crippen molar-refractivity contribution in [1.82, 2.24) is 9.13 Å². The lowest BCUT2D eigenvalue weighted by Crippen LogP contribution is -2.48. The highest BCUT2D eigenvalue weighted by Gasteiger charge is 2.23. The number of aromatic nitrogens is 2. The van der Waals surface area contributed by atoms with Gasteiger partial charge < -0.3 is 20.1 Å². The van der Waals surface area contributed by atoms with Gasteiger partial charge >= 0.3 is 5.69 Å². The van der Waals surface area contributed by atoms with Crippen LogP contribution in [-0.2, 0) is 13.1 Å². The van der Waals surface area contributed by atoms with Crippen molar-refractivity contribution in [3.63, 3.8) is 0 Å². The molecular formula is C22H26Br2N4O4. The summed E-state index contributed by atoms with van der Waals surface area (Å²) in [6.07, 6.45) is 1.83. The summed E-state index contributed by atoms with van der Waals surface area (Å²) in [5, 5.41) is 0. The zero-order chi connectivity index (χ0) is 23.4. The largest absolute Gasteiger partial charge is 0.493 e. The standard InChI is InChI=1S/C22H26Br2N4O4/c1-4-5-9-27-17(26-8-6-7-15(25)13-26)11-18(29)28(22(27)30)12-14-10-16(31-2)21(32-3)20(24)19(14)23/h10-11,15H,6-9,12-13,25H2,1-3H3/t15-/m1/s1. The third kappa shape index (κ3) is 4.90. The molecule has 1 aliphatic heterocycles. The fourth-order valence-electron chi connectivity index (χ4n) is 3.80. The van der Waals surface area contributed by atoms with Crippen molar-refractivity contribution in [2.75, 3.05) is 32.2 Å². The molecule has 2 heterocycles. The lowest BCUT2D eigenvalue weighted by Gasteiger charge is -2.33. The number of methoxy groups -OCH3 is 2. The van der Waals surface area contributed by atoms with E-state index in [0.29, 0.717) is 38.4 Å². The Kier molecular flexibility index (Phi) is 8.09. The van der Waals surface area contributed by atoms with Crippen LogP contribution in [0.25, 0.3) is 0 Å². The van der Waals surface area contributed by atoms with Gasteiger partial charge in [0.1, 0.15) is 5.82 Å². The van der Waals surface area contributed by atoms with Crippen LogP contribution < -0.4 is 31.4 Å². The summed E-state index contributed by atoms with van der Waals surface area (Å²) >= 11 is 7.03. The number of ether oxygens (including phenoxy) is 2.